The summed E-state index contributed by atoms with van der Waals surface area (Å²) < 4.78 is 2.14. The maximum Gasteiger partial charge on any atom is 0.148 e. The standard InChI is InChI=1S/C29H22N6/c1-2-12-27-26(11-1)34-29(24-10-5-15-32-20-24)35(27)28-21(7-6-16-33-28)17-25(22-8-3-13-30-18-22)23-9-4-14-31-19-23/h1-16,18-20,25H,17H2. The third kappa shape index (κ3) is 4.06. The highest BCUT2D eigenvalue weighted by molar-refractivity contribution is 5.83. The zero-order chi connectivity index (χ0) is 23.5. The Hall–Kier alpha value is -4.71. The number of hydrogen-bond acceptors (Lipinski definition) is 5. The lowest BCUT2D eigenvalue weighted by molar-refractivity contribution is 0.782. The quantitative estimate of drug-likeness (QED) is 0.325. The van der Waals surface area contributed by atoms with Crippen LogP contribution in [0.4, 0.5) is 0 Å². The number of fused-ring (bicyclic) bond motifs is 1. The Balaban J connectivity index is 1.53. The van der Waals surface area contributed by atoms with Crippen LogP contribution in [-0.4, -0.2) is 29.5 Å². The second-order valence-corrected chi connectivity index (χ2v) is 8.32. The fourth-order valence-electron chi connectivity index (χ4n) is 4.53. The molecule has 0 saturated carbocycles. The van der Waals surface area contributed by atoms with Crippen molar-refractivity contribution in [1.29, 1.82) is 0 Å². The molecule has 0 atom stereocenters. The predicted molar refractivity (Wildman–Crippen MR) is 136 cm³/mol. The summed E-state index contributed by atoms with van der Waals surface area (Å²) in [5.74, 6) is 1.76. The lowest BCUT2D eigenvalue weighted by Crippen LogP contribution is -2.10. The Morgan fingerprint density at radius 3 is 2.03 bits per heavy atom. The third-order valence-corrected chi connectivity index (χ3v) is 6.16. The van der Waals surface area contributed by atoms with E-state index in [-0.39, 0.29) is 5.92 Å². The molecule has 35 heavy (non-hydrogen) atoms. The van der Waals surface area contributed by atoms with E-state index in [1.54, 1.807) is 18.6 Å². The van der Waals surface area contributed by atoms with E-state index in [1.807, 2.05) is 73.3 Å². The summed E-state index contributed by atoms with van der Waals surface area (Å²) in [4.78, 5) is 22.9. The molecule has 6 rings (SSSR count). The van der Waals surface area contributed by atoms with Crippen LogP contribution < -0.4 is 0 Å². The zero-order valence-electron chi connectivity index (χ0n) is 18.9. The SMILES string of the molecule is c1cncc(-c2nc3ccccc3n2-c2ncccc2CC(c2cccnc2)c2cccnc2)c1. The van der Waals surface area contributed by atoms with E-state index < -0.39 is 0 Å². The topological polar surface area (TPSA) is 69.4 Å². The van der Waals surface area contributed by atoms with Crippen molar-refractivity contribution in [3.63, 3.8) is 0 Å². The first kappa shape index (κ1) is 20.9. The number of hydrogen-bond donors (Lipinski definition) is 0. The van der Waals surface area contributed by atoms with Crippen molar-refractivity contribution in [2.75, 3.05) is 0 Å². The molecule has 0 radical (unpaired) electrons. The van der Waals surface area contributed by atoms with Crippen molar-refractivity contribution < 1.29 is 0 Å². The second-order valence-electron chi connectivity index (χ2n) is 8.32. The molecule has 0 aliphatic rings. The first-order valence-corrected chi connectivity index (χ1v) is 11.5. The molecule has 0 N–H and O–H groups in total. The summed E-state index contributed by atoms with van der Waals surface area (Å²) >= 11 is 0. The van der Waals surface area contributed by atoms with E-state index in [4.69, 9.17) is 9.97 Å². The van der Waals surface area contributed by atoms with Crippen LogP contribution in [0, 0.1) is 0 Å². The fraction of sp³-hybridized carbons (Fsp3) is 0.0690. The van der Waals surface area contributed by atoms with Crippen LogP contribution in [0.1, 0.15) is 22.6 Å². The Labute approximate surface area is 203 Å². The van der Waals surface area contributed by atoms with Gasteiger partial charge in [-0.1, -0.05) is 30.3 Å². The normalized spacial score (nSPS) is 11.2. The van der Waals surface area contributed by atoms with Gasteiger partial charge in [0.05, 0.1) is 11.0 Å². The van der Waals surface area contributed by atoms with E-state index in [0.717, 1.165) is 51.4 Å². The van der Waals surface area contributed by atoms with E-state index in [0.29, 0.717) is 0 Å². The predicted octanol–water partition coefficient (Wildman–Crippen LogP) is 5.65. The van der Waals surface area contributed by atoms with Gasteiger partial charge in [0.2, 0.25) is 0 Å². The first-order chi connectivity index (χ1) is 17.4. The van der Waals surface area contributed by atoms with E-state index in [1.165, 1.54) is 0 Å². The number of imidazole rings is 1. The van der Waals surface area contributed by atoms with Gasteiger partial charge in [0.1, 0.15) is 11.6 Å². The monoisotopic (exact) mass is 454 g/mol. The molecule has 5 heterocycles. The highest BCUT2D eigenvalue weighted by Crippen LogP contribution is 2.33. The van der Waals surface area contributed by atoms with Gasteiger partial charge in [0.25, 0.3) is 0 Å². The largest absolute Gasteiger partial charge is 0.276 e. The highest BCUT2D eigenvalue weighted by atomic mass is 15.1. The zero-order valence-corrected chi connectivity index (χ0v) is 18.9. The molecule has 0 saturated heterocycles. The molecule has 0 unspecified atom stereocenters. The van der Waals surface area contributed by atoms with Gasteiger partial charge < -0.3 is 0 Å². The van der Waals surface area contributed by atoms with Crippen LogP contribution >= 0.6 is 0 Å². The van der Waals surface area contributed by atoms with Crippen molar-refractivity contribution in [3.05, 3.63) is 133 Å². The van der Waals surface area contributed by atoms with E-state index >= 15 is 0 Å². The van der Waals surface area contributed by atoms with Crippen LogP contribution in [0.2, 0.25) is 0 Å². The Morgan fingerprint density at radius 2 is 1.34 bits per heavy atom. The fourth-order valence-corrected chi connectivity index (χ4v) is 4.53. The van der Waals surface area contributed by atoms with Crippen molar-refractivity contribution in [3.8, 4) is 17.2 Å². The maximum absolute atomic E-state index is 4.96. The summed E-state index contributed by atoms with van der Waals surface area (Å²) in [7, 11) is 0. The van der Waals surface area contributed by atoms with Gasteiger partial charge in [0.15, 0.2) is 0 Å². The molecule has 168 valence electrons. The van der Waals surface area contributed by atoms with E-state index in [9.17, 15) is 0 Å². The lowest BCUT2D eigenvalue weighted by atomic mass is 9.87. The second kappa shape index (κ2) is 9.27. The van der Waals surface area contributed by atoms with Gasteiger partial charge in [-0.05, 0) is 65.6 Å². The molecule has 1 aromatic carbocycles. The summed E-state index contributed by atoms with van der Waals surface area (Å²) in [6.45, 7) is 0. The molecule has 5 aromatic heterocycles. The molecule has 6 aromatic rings. The minimum atomic E-state index is 0.0805. The minimum absolute atomic E-state index is 0.0805. The minimum Gasteiger partial charge on any atom is -0.276 e. The van der Waals surface area contributed by atoms with Gasteiger partial charge in [-0.2, -0.15) is 0 Å². The van der Waals surface area contributed by atoms with Gasteiger partial charge in [-0.25, -0.2) is 9.97 Å². The van der Waals surface area contributed by atoms with Gasteiger partial charge >= 0.3 is 0 Å². The number of para-hydroxylation sites is 2. The summed E-state index contributed by atoms with van der Waals surface area (Å²) in [5.41, 5.74) is 6.25. The van der Waals surface area contributed by atoms with Crippen molar-refractivity contribution in [2.45, 2.75) is 12.3 Å². The average Bonchev–Trinajstić information content (AvgIpc) is 3.33. The van der Waals surface area contributed by atoms with Crippen molar-refractivity contribution in [1.82, 2.24) is 29.5 Å². The van der Waals surface area contributed by atoms with Crippen LogP contribution in [0.25, 0.3) is 28.2 Å². The molecule has 0 bridgehead atoms. The van der Waals surface area contributed by atoms with Gasteiger partial charge in [-0.15, -0.1) is 0 Å². The number of aromatic nitrogens is 6. The molecule has 0 fully saturated rings. The summed E-state index contributed by atoms with van der Waals surface area (Å²) in [6, 6.07) is 24.4. The molecule has 0 amide bonds. The van der Waals surface area contributed by atoms with Crippen LogP contribution in [0.5, 0.6) is 0 Å². The molecule has 0 spiro atoms. The van der Waals surface area contributed by atoms with Crippen molar-refractivity contribution >= 4 is 11.0 Å². The summed E-state index contributed by atoms with van der Waals surface area (Å²) in [6.07, 6.45) is 13.7. The third-order valence-electron chi connectivity index (χ3n) is 6.16. The molecule has 0 aliphatic carbocycles. The van der Waals surface area contributed by atoms with Gasteiger partial charge in [0, 0.05) is 54.9 Å². The van der Waals surface area contributed by atoms with Crippen molar-refractivity contribution in [2.24, 2.45) is 0 Å². The first-order valence-electron chi connectivity index (χ1n) is 11.5. The molecule has 6 heteroatoms. The molecular weight excluding hydrogens is 432 g/mol. The molecular formula is C29H22N6. The van der Waals surface area contributed by atoms with Gasteiger partial charge in [-0.3, -0.25) is 19.5 Å². The Kier molecular flexibility index (Phi) is 5.53. The number of benzene rings is 1. The summed E-state index contributed by atoms with van der Waals surface area (Å²) in [5, 5.41) is 0. The highest BCUT2D eigenvalue weighted by Gasteiger charge is 2.21. The van der Waals surface area contributed by atoms with Crippen LogP contribution in [0.3, 0.4) is 0 Å². The average molecular weight is 455 g/mol. The number of nitrogens with zero attached hydrogens (tertiary/aromatic N) is 6. The molecule has 6 nitrogen and oxygen atoms in total. The Morgan fingerprint density at radius 1 is 0.657 bits per heavy atom. The molecule has 0 aliphatic heterocycles. The lowest BCUT2D eigenvalue weighted by Gasteiger charge is -2.20. The smallest absolute Gasteiger partial charge is 0.148 e. The van der Waals surface area contributed by atoms with E-state index in [2.05, 4.69) is 43.8 Å². The maximum atomic E-state index is 4.96. The number of rotatable bonds is 6. The van der Waals surface area contributed by atoms with Crippen LogP contribution in [0.15, 0.2) is 116 Å². The Bertz CT molecular complexity index is 1520. The van der Waals surface area contributed by atoms with Crippen LogP contribution in [-0.2, 0) is 6.42 Å². The number of pyridine rings is 4.